The summed E-state index contributed by atoms with van der Waals surface area (Å²) < 4.78 is 1.80. The van der Waals surface area contributed by atoms with Crippen molar-refractivity contribution in [2.24, 2.45) is 12.0 Å². The summed E-state index contributed by atoms with van der Waals surface area (Å²) in [5.41, 5.74) is 6.14. The maximum absolute atomic E-state index is 11.0. The fourth-order valence-electron chi connectivity index (χ4n) is 6.45. The molecule has 0 saturated carbocycles. The summed E-state index contributed by atoms with van der Waals surface area (Å²) in [4.78, 5) is 19.7. The van der Waals surface area contributed by atoms with E-state index in [0.717, 1.165) is 47.7 Å². The van der Waals surface area contributed by atoms with Crippen LogP contribution in [0.5, 0.6) is 0 Å². The fourth-order valence-corrected chi connectivity index (χ4v) is 6.45. The Morgan fingerprint density at radius 2 is 1.78 bits per heavy atom. The molecule has 0 aliphatic carbocycles. The van der Waals surface area contributed by atoms with Gasteiger partial charge in [0.25, 0.3) is 0 Å². The molecule has 2 aromatic heterocycles. The molecule has 0 spiro atoms. The number of pyridine rings is 1. The first kappa shape index (κ1) is 33.9. The molecule has 0 amide bonds. The number of carboxylic acid groups (broad SMARTS) is 1. The standard InChI is InChI=1S/C28H29N7.C11H12N2O2/c1-28(24-6-4-3-5-7-24,32-13-12-20-8-10-21(15-29)11-9-20)26-18-30-25-14-22(16-31-27(25)34-26)23-17-33-35(2)19-23;1-11(8-5-3-2-4-6-8)9(10(14)15)12-7-13-11/h3-11,14,16-17,19,26,30,32H,12-13,18H2,1-2H3,(H,31,34);2-7,9H,1H3,(H,12,13)(H,14,15)/t26-,28-;/m1./s1. The molecule has 2 aliphatic heterocycles. The Hall–Kier alpha value is -5.99. The van der Waals surface area contributed by atoms with Crippen LogP contribution < -0.4 is 21.3 Å². The first-order valence-corrected chi connectivity index (χ1v) is 16.6. The molecule has 7 rings (SSSR count). The van der Waals surface area contributed by atoms with Crippen LogP contribution in [0.25, 0.3) is 11.1 Å². The van der Waals surface area contributed by atoms with Crippen LogP contribution in [0.15, 0.2) is 115 Å². The number of anilines is 2. The Labute approximate surface area is 292 Å². The lowest BCUT2D eigenvalue weighted by Gasteiger charge is -2.42. The van der Waals surface area contributed by atoms with E-state index in [1.165, 1.54) is 17.5 Å². The second-order valence-electron chi connectivity index (χ2n) is 12.9. The van der Waals surface area contributed by atoms with Gasteiger partial charge in [0.2, 0.25) is 0 Å². The Bertz CT molecular complexity index is 1990. The predicted molar refractivity (Wildman–Crippen MR) is 196 cm³/mol. The van der Waals surface area contributed by atoms with E-state index in [9.17, 15) is 4.79 Å². The normalized spacial score (nSPS) is 20.0. The molecule has 5 aromatic rings. The lowest BCUT2D eigenvalue weighted by molar-refractivity contribution is -0.139. The van der Waals surface area contributed by atoms with Crippen LogP contribution >= 0.6 is 0 Å². The lowest BCUT2D eigenvalue weighted by Crippen LogP contribution is -2.57. The highest BCUT2D eigenvalue weighted by Gasteiger charge is 2.43. The lowest BCUT2D eigenvalue weighted by atomic mass is 9.83. The molecule has 2 aliphatic rings. The molecular weight excluding hydrogens is 626 g/mol. The highest BCUT2D eigenvalue weighted by Crippen LogP contribution is 2.35. The average Bonchev–Trinajstić information content (AvgIpc) is 3.78. The molecule has 2 unspecified atom stereocenters. The van der Waals surface area contributed by atoms with E-state index in [2.05, 4.69) is 74.7 Å². The summed E-state index contributed by atoms with van der Waals surface area (Å²) in [6, 6.07) is 31.5. The topological polar surface area (TPSA) is 152 Å². The van der Waals surface area contributed by atoms with Crippen LogP contribution in [-0.2, 0) is 29.3 Å². The van der Waals surface area contributed by atoms with Crippen LogP contribution in [0.4, 0.5) is 11.5 Å². The van der Waals surface area contributed by atoms with E-state index >= 15 is 0 Å². The summed E-state index contributed by atoms with van der Waals surface area (Å²) in [5.74, 6) is -0.0625. The van der Waals surface area contributed by atoms with Crippen molar-refractivity contribution in [3.63, 3.8) is 0 Å². The van der Waals surface area contributed by atoms with Gasteiger partial charge in [0, 0.05) is 43.7 Å². The van der Waals surface area contributed by atoms with Crippen LogP contribution in [0.2, 0.25) is 0 Å². The molecule has 0 fully saturated rings. The van der Waals surface area contributed by atoms with Gasteiger partial charge in [0.05, 0.1) is 47.0 Å². The van der Waals surface area contributed by atoms with Gasteiger partial charge in [-0.3, -0.25) is 9.67 Å². The number of aliphatic imine (C=N–C) groups is 1. The summed E-state index contributed by atoms with van der Waals surface area (Å²) in [6.07, 6.45) is 8.08. The van der Waals surface area contributed by atoms with Gasteiger partial charge in [0.1, 0.15) is 5.82 Å². The zero-order valence-electron chi connectivity index (χ0n) is 28.3. The molecule has 50 heavy (non-hydrogen) atoms. The molecule has 0 bridgehead atoms. The summed E-state index contributed by atoms with van der Waals surface area (Å²) in [5, 5.41) is 36.5. The van der Waals surface area contributed by atoms with E-state index in [1.807, 2.05) is 93.2 Å². The first-order valence-electron chi connectivity index (χ1n) is 16.6. The van der Waals surface area contributed by atoms with Gasteiger partial charge >= 0.3 is 5.97 Å². The maximum atomic E-state index is 11.0. The van der Waals surface area contributed by atoms with Crippen LogP contribution in [0, 0.1) is 11.3 Å². The number of carboxylic acids is 1. The molecule has 4 atom stereocenters. The van der Waals surface area contributed by atoms with Crippen LogP contribution in [0.1, 0.15) is 36.1 Å². The first-order chi connectivity index (χ1) is 24.2. The third kappa shape index (κ3) is 7.21. The third-order valence-corrected chi connectivity index (χ3v) is 9.54. The van der Waals surface area contributed by atoms with E-state index in [-0.39, 0.29) is 11.6 Å². The second kappa shape index (κ2) is 14.6. The molecule has 3 aromatic carbocycles. The van der Waals surface area contributed by atoms with E-state index < -0.39 is 17.6 Å². The number of nitrogens with one attached hydrogen (secondary N) is 4. The number of nitrogens with zero attached hydrogens (tertiary/aromatic N) is 5. The van der Waals surface area contributed by atoms with Gasteiger partial charge < -0.3 is 26.4 Å². The molecule has 0 radical (unpaired) electrons. The monoisotopic (exact) mass is 667 g/mol. The number of aromatic nitrogens is 3. The Balaban J connectivity index is 0.000000240. The van der Waals surface area contributed by atoms with E-state index in [4.69, 9.17) is 15.4 Å². The quantitative estimate of drug-likeness (QED) is 0.141. The zero-order valence-corrected chi connectivity index (χ0v) is 28.3. The van der Waals surface area contributed by atoms with Crippen molar-refractivity contribution in [3.05, 3.63) is 132 Å². The van der Waals surface area contributed by atoms with Crippen molar-refractivity contribution in [2.75, 3.05) is 23.7 Å². The van der Waals surface area contributed by atoms with Gasteiger partial charge in [-0.15, -0.1) is 0 Å². The van der Waals surface area contributed by atoms with Crippen molar-refractivity contribution >= 4 is 23.8 Å². The highest BCUT2D eigenvalue weighted by atomic mass is 16.4. The minimum atomic E-state index is -0.914. The van der Waals surface area contributed by atoms with Gasteiger partial charge in [-0.2, -0.15) is 10.4 Å². The summed E-state index contributed by atoms with van der Waals surface area (Å²) >= 11 is 0. The SMILES string of the molecule is CC1(c2ccccc2)NC=NC1C(=O)O.Cn1cc(-c2cnc3c(c2)NC[C@H]([C@](C)(NCCc2ccc(C#N)cc2)c2ccccc2)N3)cn1. The van der Waals surface area contributed by atoms with Crippen molar-refractivity contribution in [1.29, 1.82) is 5.26 Å². The van der Waals surface area contributed by atoms with E-state index in [0.29, 0.717) is 5.56 Å². The number of carbonyl (C=O) groups is 1. The van der Waals surface area contributed by atoms with Crippen LogP contribution in [-0.4, -0.2) is 57.4 Å². The van der Waals surface area contributed by atoms with Crippen molar-refractivity contribution < 1.29 is 9.90 Å². The van der Waals surface area contributed by atoms with E-state index in [1.54, 1.807) is 4.68 Å². The van der Waals surface area contributed by atoms with Gasteiger partial charge in [0.15, 0.2) is 6.04 Å². The number of hydrogen-bond acceptors (Lipinski definition) is 9. The molecule has 254 valence electrons. The smallest absolute Gasteiger partial charge is 0.331 e. The molecule has 11 heteroatoms. The van der Waals surface area contributed by atoms with Gasteiger partial charge in [-0.05, 0) is 55.2 Å². The van der Waals surface area contributed by atoms with Gasteiger partial charge in [-0.1, -0.05) is 72.8 Å². The molecule has 4 heterocycles. The number of fused-ring (bicyclic) bond motifs is 1. The number of benzene rings is 3. The number of aryl methyl sites for hydroxylation is 1. The maximum Gasteiger partial charge on any atom is 0.331 e. The number of hydrogen-bond donors (Lipinski definition) is 5. The fraction of sp³-hybridized carbons (Fsp3) is 0.256. The highest BCUT2D eigenvalue weighted by molar-refractivity contribution is 5.81. The third-order valence-electron chi connectivity index (χ3n) is 9.54. The Morgan fingerprint density at radius 1 is 1.06 bits per heavy atom. The van der Waals surface area contributed by atoms with Crippen molar-refractivity contribution in [3.8, 4) is 17.2 Å². The number of rotatable bonds is 9. The average molecular weight is 668 g/mol. The molecule has 11 nitrogen and oxygen atoms in total. The molecular formula is C39H41N9O2. The summed E-state index contributed by atoms with van der Waals surface area (Å²) in [6.45, 7) is 5.64. The Morgan fingerprint density at radius 3 is 2.44 bits per heavy atom. The number of aliphatic carboxylic acids is 1. The van der Waals surface area contributed by atoms with Gasteiger partial charge in [-0.25, -0.2) is 9.78 Å². The predicted octanol–water partition coefficient (Wildman–Crippen LogP) is 5.29. The minimum absolute atomic E-state index is 0.0788. The Kier molecular flexibility index (Phi) is 9.92. The summed E-state index contributed by atoms with van der Waals surface area (Å²) in [7, 11) is 1.92. The van der Waals surface area contributed by atoms with Crippen LogP contribution in [0.3, 0.4) is 0 Å². The van der Waals surface area contributed by atoms with Crippen molar-refractivity contribution in [1.82, 2.24) is 25.4 Å². The minimum Gasteiger partial charge on any atom is -0.480 e. The number of nitriles is 1. The second-order valence-corrected chi connectivity index (χ2v) is 12.9. The van der Waals surface area contributed by atoms with Crippen molar-refractivity contribution in [2.45, 2.75) is 43.4 Å². The zero-order chi connectivity index (χ0) is 35.1. The molecule has 5 N–H and O–H groups in total. The largest absolute Gasteiger partial charge is 0.480 e. The molecule has 0 saturated heterocycles.